The van der Waals surface area contributed by atoms with Crippen molar-refractivity contribution in [1.82, 2.24) is 4.90 Å². The number of nitrogens with zero attached hydrogens (tertiary/aromatic N) is 2. The van der Waals surface area contributed by atoms with E-state index in [0.717, 1.165) is 0 Å². The van der Waals surface area contributed by atoms with Gasteiger partial charge in [0.2, 0.25) is 5.91 Å². The van der Waals surface area contributed by atoms with Crippen LogP contribution in [-0.2, 0) is 9.53 Å². The lowest BCUT2D eigenvalue weighted by atomic mass is 10.2. The summed E-state index contributed by atoms with van der Waals surface area (Å²) in [5.74, 6) is 0.380. The van der Waals surface area contributed by atoms with E-state index in [1.165, 1.54) is 4.90 Å². The molecule has 3 rings (SSSR count). The van der Waals surface area contributed by atoms with Crippen molar-refractivity contribution in [1.29, 1.82) is 0 Å². The summed E-state index contributed by atoms with van der Waals surface area (Å²) < 4.78 is 48.4. The average molecular weight is 330 g/mol. The predicted octanol–water partition coefficient (Wildman–Crippen LogP) is 1.68. The first kappa shape index (κ1) is 16.1. The SMILES string of the molecule is O=C(CN1CCO[C@@H](C(F)(F)F)C1)N1CCOc2ccccc21. The van der Waals surface area contributed by atoms with E-state index in [1.54, 1.807) is 23.1 Å². The van der Waals surface area contributed by atoms with Crippen molar-refractivity contribution >= 4 is 11.6 Å². The number of anilines is 1. The number of hydrogen-bond acceptors (Lipinski definition) is 4. The maximum Gasteiger partial charge on any atom is 0.415 e. The van der Waals surface area contributed by atoms with E-state index in [-0.39, 0.29) is 25.6 Å². The number of alkyl halides is 3. The van der Waals surface area contributed by atoms with Crippen LogP contribution in [0.4, 0.5) is 18.9 Å². The molecule has 0 bridgehead atoms. The Kier molecular flexibility index (Phi) is 4.45. The van der Waals surface area contributed by atoms with Crippen LogP contribution in [0.5, 0.6) is 5.75 Å². The molecule has 1 fully saturated rings. The number of carbonyl (C=O) groups is 1. The number of halogens is 3. The summed E-state index contributed by atoms with van der Waals surface area (Å²) in [5, 5.41) is 0. The zero-order chi connectivity index (χ0) is 16.4. The van der Waals surface area contributed by atoms with Crippen LogP contribution < -0.4 is 9.64 Å². The molecule has 1 atom stereocenters. The third kappa shape index (κ3) is 3.59. The largest absolute Gasteiger partial charge is 0.490 e. The fraction of sp³-hybridized carbons (Fsp3) is 0.533. The minimum atomic E-state index is -4.41. The molecule has 1 saturated heterocycles. The number of rotatable bonds is 2. The molecule has 5 nitrogen and oxygen atoms in total. The van der Waals surface area contributed by atoms with Gasteiger partial charge in [-0.15, -0.1) is 0 Å². The lowest BCUT2D eigenvalue weighted by Gasteiger charge is -2.35. The average Bonchev–Trinajstić information content (AvgIpc) is 2.53. The zero-order valence-corrected chi connectivity index (χ0v) is 12.4. The normalized spacial score (nSPS) is 22.4. The van der Waals surface area contributed by atoms with Gasteiger partial charge in [0.25, 0.3) is 0 Å². The number of amides is 1. The first-order valence-electron chi connectivity index (χ1n) is 7.38. The summed E-state index contributed by atoms with van der Waals surface area (Å²) in [6, 6.07) is 7.14. The Morgan fingerprint density at radius 2 is 2.00 bits per heavy atom. The van der Waals surface area contributed by atoms with Crippen LogP contribution >= 0.6 is 0 Å². The minimum Gasteiger partial charge on any atom is -0.490 e. The molecule has 0 unspecified atom stereocenters. The van der Waals surface area contributed by atoms with E-state index in [1.807, 2.05) is 6.07 Å². The molecule has 0 radical (unpaired) electrons. The number of carbonyl (C=O) groups excluding carboxylic acids is 1. The standard InChI is InChI=1S/C15H17F3N2O3/c16-15(17,18)13-9-19(5-7-23-13)10-14(21)20-6-8-22-12-4-2-1-3-11(12)20/h1-4,13H,5-10H2/t13-/m1/s1. The molecule has 1 aromatic carbocycles. The molecule has 23 heavy (non-hydrogen) atoms. The zero-order valence-electron chi connectivity index (χ0n) is 12.4. The summed E-state index contributed by atoms with van der Waals surface area (Å²) in [5.41, 5.74) is 0.657. The first-order valence-corrected chi connectivity index (χ1v) is 7.38. The van der Waals surface area contributed by atoms with Gasteiger partial charge >= 0.3 is 6.18 Å². The van der Waals surface area contributed by atoms with Gasteiger partial charge < -0.3 is 14.4 Å². The van der Waals surface area contributed by atoms with E-state index < -0.39 is 12.3 Å². The highest BCUT2D eigenvalue weighted by Gasteiger charge is 2.43. The number of fused-ring (bicyclic) bond motifs is 1. The molecule has 8 heteroatoms. The van der Waals surface area contributed by atoms with Crippen LogP contribution in [0.2, 0.25) is 0 Å². The van der Waals surface area contributed by atoms with Crippen LogP contribution in [0, 0.1) is 0 Å². The molecule has 2 heterocycles. The summed E-state index contributed by atoms with van der Waals surface area (Å²) >= 11 is 0. The van der Waals surface area contributed by atoms with Crippen molar-refractivity contribution in [3.8, 4) is 5.75 Å². The smallest absolute Gasteiger partial charge is 0.415 e. The molecular weight excluding hydrogens is 313 g/mol. The quantitative estimate of drug-likeness (QED) is 0.827. The third-order valence-electron chi connectivity index (χ3n) is 3.90. The van der Waals surface area contributed by atoms with Gasteiger partial charge in [0.15, 0.2) is 6.10 Å². The summed E-state index contributed by atoms with van der Waals surface area (Å²) in [6.45, 7) is 0.660. The predicted molar refractivity (Wildman–Crippen MR) is 76.5 cm³/mol. The van der Waals surface area contributed by atoms with Crippen molar-refractivity contribution < 1.29 is 27.4 Å². The molecule has 1 amide bonds. The van der Waals surface area contributed by atoms with Gasteiger partial charge in [-0.3, -0.25) is 9.69 Å². The van der Waals surface area contributed by atoms with Gasteiger partial charge in [-0.05, 0) is 12.1 Å². The van der Waals surface area contributed by atoms with Crippen molar-refractivity contribution in [2.75, 3.05) is 44.3 Å². The molecule has 2 aliphatic rings. The number of para-hydroxylation sites is 2. The Morgan fingerprint density at radius 3 is 2.78 bits per heavy atom. The van der Waals surface area contributed by atoms with Crippen molar-refractivity contribution in [3.05, 3.63) is 24.3 Å². The fourth-order valence-electron chi connectivity index (χ4n) is 2.75. The molecule has 0 saturated carbocycles. The number of benzene rings is 1. The summed E-state index contributed by atoms with van der Waals surface area (Å²) in [4.78, 5) is 15.5. The topological polar surface area (TPSA) is 42.0 Å². The number of hydrogen-bond donors (Lipinski definition) is 0. The van der Waals surface area contributed by atoms with E-state index in [0.29, 0.717) is 31.1 Å². The summed E-state index contributed by atoms with van der Waals surface area (Å²) in [6.07, 6.45) is -6.24. The van der Waals surface area contributed by atoms with Gasteiger partial charge in [0.05, 0.1) is 25.4 Å². The molecular formula is C15H17F3N2O3. The molecule has 0 aromatic heterocycles. The van der Waals surface area contributed by atoms with Crippen LogP contribution in [0.3, 0.4) is 0 Å². The van der Waals surface area contributed by atoms with Crippen LogP contribution in [0.15, 0.2) is 24.3 Å². The second-order valence-corrected chi connectivity index (χ2v) is 5.50. The van der Waals surface area contributed by atoms with Crippen molar-refractivity contribution in [2.24, 2.45) is 0 Å². The highest BCUT2D eigenvalue weighted by Crippen LogP contribution is 2.31. The monoisotopic (exact) mass is 330 g/mol. The van der Waals surface area contributed by atoms with Gasteiger partial charge in [0.1, 0.15) is 12.4 Å². The third-order valence-corrected chi connectivity index (χ3v) is 3.90. The molecule has 0 aliphatic carbocycles. The van der Waals surface area contributed by atoms with Gasteiger partial charge in [-0.2, -0.15) is 13.2 Å². The number of morpholine rings is 1. The van der Waals surface area contributed by atoms with E-state index in [4.69, 9.17) is 9.47 Å². The summed E-state index contributed by atoms with van der Waals surface area (Å²) in [7, 11) is 0. The lowest BCUT2D eigenvalue weighted by Crippen LogP contribution is -2.52. The lowest BCUT2D eigenvalue weighted by molar-refractivity contribution is -0.236. The van der Waals surface area contributed by atoms with Crippen molar-refractivity contribution in [2.45, 2.75) is 12.3 Å². The maximum atomic E-state index is 12.7. The second-order valence-electron chi connectivity index (χ2n) is 5.50. The van der Waals surface area contributed by atoms with Gasteiger partial charge in [-0.1, -0.05) is 12.1 Å². The molecule has 126 valence electrons. The molecule has 2 aliphatic heterocycles. The second kappa shape index (κ2) is 6.37. The first-order chi connectivity index (χ1) is 10.9. The van der Waals surface area contributed by atoms with Gasteiger partial charge in [0, 0.05) is 13.1 Å². The molecule has 0 N–H and O–H groups in total. The van der Waals surface area contributed by atoms with E-state index >= 15 is 0 Å². The Balaban J connectivity index is 1.66. The van der Waals surface area contributed by atoms with Gasteiger partial charge in [-0.25, -0.2) is 0 Å². The van der Waals surface area contributed by atoms with Crippen LogP contribution in [-0.4, -0.2) is 62.5 Å². The molecule has 0 spiro atoms. The number of ether oxygens (including phenoxy) is 2. The Labute approximate surface area is 131 Å². The van der Waals surface area contributed by atoms with E-state index in [2.05, 4.69) is 0 Å². The van der Waals surface area contributed by atoms with E-state index in [9.17, 15) is 18.0 Å². The minimum absolute atomic E-state index is 0.0306. The van der Waals surface area contributed by atoms with Crippen molar-refractivity contribution in [3.63, 3.8) is 0 Å². The Bertz CT molecular complexity index is 579. The van der Waals surface area contributed by atoms with Crippen LogP contribution in [0.1, 0.15) is 0 Å². The maximum absolute atomic E-state index is 12.7. The Hall–Kier alpha value is -1.80. The Morgan fingerprint density at radius 1 is 1.22 bits per heavy atom. The molecule has 1 aromatic rings. The van der Waals surface area contributed by atoms with Crippen LogP contribution in [0.25, 0.3) is 0 Å². The highest BCUT2D eigenvalue weighted by molar-refractivity contribution is 5.96. The fourth-order valence-corrected chi connectivity index (χ4v) is 2.75. The highest BCUT2D eigenvalue weighted by atomic mass is 19.4.